The number of amides is 1. The minimum atomic E-state index is -0.327. The Kier molecular flexibility index (Phi) is 6.61. The summed E-state index contributed by atoms with van der Waals surface area (Å²) >= 11 is 10.1. The number of benzene rings is 2. The van der Waals surface area contributed by atoms with Gasteiger partial charge in [0, 0.05) is 16.5 Å². The van der Waals surface area contributed by atoms with Crippen LogP contribution in [-0.4, -0.2) is 30.2 Å². The fourth-order valence-electron chi connectivity index (χ4n) is 2.36. The van der Waals surface area contributed by atoms with Crippen molar-refractivity contribution < 1.29 is 14.3 Å². The molecule has 1 heterocycles. The number of halogens is 1. The van der Waals surface area contributed by atoms with Crippen molar-refractivity contribution in [3.05, 3.63) is 57.9 Å². The molecule has 1 aromatic heterocycles. The first-order valence-corrected chi connectivity index (χ1v) is 10.1. The van der Waals surface area contributed by atoms with E-state index in [9.17, 15) is 4.79 Å². The van der Waals surface area contributed by atoms with E-state index in [2.05, 4.69) is 31.5 Å². The van der Waals surface area contributed by atoms with Gasteiger partial charge in [-0.15, -0.1) is 11.3 Å². The number of nitrogens with one attached hydrogen (secondary N) is 2. The smallest absolute Gasteiger partial charge is 0.257 e. The summed E-state index contributed by atoms with van der Waals surface area (Å²) in [7, 11) is 3.16. The molecule has 0 spiro atoms. The van der Waals surface area contributed by atoms with E-state index in [0.29, 0.717) is 16.4 Å². The molecule has 0 radical (unpaired) electrons. The van der Waals surface area contributed by atoms with E-state index in [1.165, 1.54) is 11.3 Å². The van der Waals surface area contributed by atoms with Crippen LogP contribution in [0.3, 0.4) is 0 Å². The van der Waals surface area contributed by atoms with Gasteiger partial charge in [-0.1, -0.05) is 6.07 Å². The van der Waals surface area contributed by atoms with Crippen molar-refractivity contribution in [3.8, 4) is 22.8 Å². The fraction of sp³-hybridized carbons (Fsp3) is 0.105. The molecule has 0 aliphatic heterocycles. The molecule has 0 atom stereocenters. The minimum absolute atomic E-state index is 0.171. The van der Waals surface area contributed by atoms with Gasteiger partial charge in [0.15, 0.2) is 10.2 Å². The zero-order valence-electron chi connectivity index (χ0n) is 15.0. The van der Waals surface area contributed by atoms with E-state index < -0.39 is 0 Å². The Labute approximate surface area is 180 Å². The first-order valence-electron chi connectivity index (χ1n) is 8.06. The van der Waals surface area contributed by atoms with Crippen LogP contribution >= 0.6 is 39.5 Å². The van der Waals surface area contributed by atoms with E-state index in [1.54, 1.807) is 38.5 Å². The van der Waals surface area contributed by atoms with Crippen molar-refractivity contribution in [2.75, 3.05) is 19.5 Å². The first-order chi connectivity index (χ1) is 13.5. The third-order valence-electron chi connectivity index (χ3n) is 3.73. The lowest BCUT2D eigenvalue weighted by Crippen LogP contribution is -2.34. The van der Waals surface area contributed by atoms with E-state index in [0.717, 1.165) is 21.5 Å². The zero-order valence-corrected chi connectivity index (χ0v) is 18.2. The van der Waals surface area contributed by atoms with E-state index in [4.69, 9.17) is 21.7 Å². The molecule has 0 fully saturated rings. The maximum absolute atomic E-state index is 12.3. The molecule has 0 unspecified atom stereocenters. The number of methoxy groups -OCH3 is 2. The van der Waals surface area contributed by atoms with Crippen molar-refractivity contribution in [2.24, 2.45) is 0 Å². The number of rotatable bonds is 5. The molecule has 144 valence electrons. The van der Waals surface area contributed by atoms with Crippen LogP contribution in [0.1, 0.15) is 10.4 Å². The number of hydrogen-bond acceptors (Lipinski definition) is 6. The predicted molar refractivity (Wildman–Crippen MR) is 118 cm³/mol. The molecule has 9 heteroatoms. The molecule has 2 aromatic carbocycles. The van der Waals surface area contributed by atoms with Gasteiger partial charge in [0.2, 0.25) is 0 Å². The van der Waals surface area contributed by atoms with Crippen molar-refractivity contribution in [2.45, 2.75) is 0 Å². The Morgan fingerprint density at radius 3 is 2.71 bits per heavy atom. The van der Waals surface area contributed by atoms with Gasteiger partial charge >= 0.3 is 0 Å². The number of thiazole rings is 1. The van der Waals surface area contributed by atoms with E-state index in [1.807, 2.05) is 23.6 Å². The molecule has 0 saturated heterocycles. The lowest BCUT2D eigenvalue weighted by Gasteiger charge is -2.08. The summed E-state index contributed by atoms with van der Waals surface area (Å²) in [6.45, 7) is 0. The molecule has 0 saturated carbocycles. The highest BCUT2D eigenvalue weighted by molar-refractivity contribution is 9.10. The topological polar surface area (TPSA) is 72.5 Å². The van der Waals surface area contributed by atoms with Crippen LogP contribution in [0.15, 0.2) is 52.3 Å². The fourth-order valence-corrected chi connectivity index (χ4v) is 3.88. The Morgan fingerprint density at radius 1 is 1.18 bits per heavy atom. The Hall–Kier alpha value is -2.49. The molecule has 0 aliphatic rings. The number of carbonyl (C=O) groups excluding carboxylic acids is 1. The molecule has 0 bridgehead atoms. The van der Waals surface area contributed by atoms with Crippen molar-refractivity contribution >= 4 is 55.6 Å². The van der Waals surface area contributed by atoms with Crippen LogP contribution in [0.2, 0.25) is 0 Å². The maximum atomic E-state index is 12.3. The molecule has 3 aromatic rings. The third kappa shape index (κ3) is 4.86. The summed E-state index contributed by atoms with van der Waals surface area (Å²) in [6, 6.07) is 12.5. The first kappa shape index (κ1) is 20.2. The highest BCUT2D eigenvalue weighted by Crippen LogP contribution is 2.32. The second kappa shape index (κ2) is 9.13. The second-order valence-electron chi connectivity index (χ2n) is 5.53. The molecule has 28 heavy (non-hydrogen) atoms. The summed E-state index contributed by atoms with van der Waals surface area (Å²) < 4.78 is 11.2. The van der Waals surface area contributed by atoms with E-state index >= 15 is 0 Å². The Morgan fingerprint density at radius 2 is 2.00 bits per heavy atom. The van der Waals surface area contributed by atoms with Crippen LogP contribution in [0.25, 0.3) is 11.3 Å². The lowest BCUT2D eigenvalue weighted by molar-refractivity contribution is 0.0977. The van der Waals surface area contributed by atoms with Gasteiger partial charge in [0.1, 0.15) is 11.5 Å². The quantitative estimate of drug-likeness (QED) is 0.518. The van der Waals surface area contributed by atoms with Gasteiger partial charge in [-0.2, -0.15) is 0 Å². The van der Waals surface area contributed by atoms with Crippen LogP contribution in [0, 0.1) is 0 Å². The van der Waals surface area contributed by atoms with Crippen molar-refractivity contribution in [1.29, 1.82) is 0 Å². The van der Waals surface area contributed by atoms with Crippen LogP contribution < -0.4 is 20.1 Å². The van der Waals surface area contributed by atoms with Gasteiger partial charge in [0.25, 0.3) is 5.91 Å². The van der Waals surface area contributed by atoms with Gasteiger partial charge in [0.05, 0.1) is 24.4 Å². The second-order valence-corrected chi connectivity index (χ2v) is 7.65. The van der Waals surface area contributed by atoms with Crippen molar-refractivity contribution in [1.82, 2.24) is 10.3 Å². The van der Waals surface area contributed by atoms with Gasteiger partial charge in [-0.05, 0) is 64.5 Å². The highest BCUT2D eigenvalue weighted by atomic mass is 79.9. The summed E-state index contributed by atoms with van der Waals surface area (Å²) in [4.78, 5) is 16.8. The molecule has 1 amide bonds. The predicted octanol–water partition coefficient (Wildman–Crippen LogP) is 4.72. The summed E-state index contributed by atoms with van der Waals surface area (Å²) in [5.74, 6) is 1.02. The van der Waals surface area contributed by atoms with Crippen LogP contribution in [0.5, 0.6) is 11.5 Å². The monoisotopic (exact) mass is 477 g/mol. The molecule has 3 rings (SSSR count). The van der Waals surface area contributed by atoms with Crippen LogP contribution in [-0.2, 0) is 0 Å². The van der Waals surface area contributed by atoms with Gasteiger partial charge in [-0.3, -0.25) is 10.1 Å². The molecule has 6 nitrogen and oxygen atoms in total. The van der Waals surface area contributed by atoms with Gasteiger partial charge in [-0.25, -0.2) is 4.98 Å². The van der Waals surface area contributed by atoms with Crippen LogP contribution in [0.4, 0.5) is 5.13 Å². The number of hydrogen-bond donors (Lipinski definition) is 2. The average Bonchev–Trinajstić information content (AvgIpc) is 3.16. The van der Waals surface area contributed by atoms with Crippen molar-refractivity contribution in [3.63, 3.8) is 0 Å². The number of aromatic nitrogens is 1. The molecular weight excluding hydrogens is 462 g/mol. The SMILES string of the molecule is COc1cccc(C(=O)NC(=S)Nc2nc(-c3ccc(OC)c(Br)c3)cs2)c1. The zero-order chi connectivity index (χ0) is 20.1. The maximum Gasteiger partial charge on any atom is 0.257 e. The van der Waals surface area contributed by atoms with Gasteiger partial charge < -0.3 is 14.8 Å². The molecule has 2 N–H and O–H groups in total. The molecular formula is C19H16BrN3O3S2. The average molecular weight is 478 g/mol. The lowest BCUT2D eigenvalue weighted by atomic mass is 10.2. The number of nitrogens with zero attached hydrogens (tertiary/aromatic N) is 1. The standard InChI is InChI=1S/C19H16BrN3O3S2/c1-25-13-5-3-4-12(8-13)17(24)22-18(27)23-19-21-15(10-28-19)11-6-7-16(26-2)14(20)9-11/h3-10H,1-2H3,(H2,21,22,23,24,27). The van der Waals surface area contributed by atoms with E-state index in [-0.39, 0.29) is 11.0 Å². The number of carbonyl (C=O) groups is 1. The Balaban J connectivity index is 1.65. The number of anilines is 1. The number of thiocarbonyl (C=S) groups is 1. The molecule has 0 aliphatic carbocycles. The largest absolute Gasteiger partial charge is 0.497 e. The Bertz CT molecular complexity index is 1020. The number of ether oxygens (including phenoxy) is 2. The minimum Gasteiger partial charge on any atom is -0.497 e. The summed E-state index contributed by atoms with van der Waals surface area (Å²) in [5, 5.41) is 8.23. The third-order valence-corrected chi connectivity index (χ3v) is 5.31. The highest BCUT2D eigenvalue weighted by Gasteiger charge is 2.12. The normalized spacial score (nSPS) is 10.2. The summed E-state index contributed by atoms with van der Waals surface area (Å²) in [5.41, 5.74) is 2.17. The summed E-state index contributed by atoms with van der Waals surface area (Å²) in [6.07, 6.45) is 0.